The lowest BCUT2D eigenvalue weighted by molar-refractivity contribution is 1.32. The molecule has 0 unspecified atom stereocenters. The molecular formula is C50H33NS. The third kappa shape index (κ3) is 5.24. The van der Waals surface area contributed by atoms with Crippen molar-refractivity contribution >= 4 is 70.1 Å². The van der Waals surface area contributed by atoms with Crippen molar-refractivity contribution in [3.8, 4) is 33.4 Å². The molecule has 1 aromatic heterocycles. The van der Waals surface area contributed by atoms with Gasteiger partial charge in [0.05, 0.1) is 11.4 Å². The lowest BCUT2D eigenvalue weighted by atomic mass is 9.98. The van der Waals surface area contributed by atoms with Gasteiger partial charge in [0.15, 0.2) is 0 Å². The molecule has 0 aliphatic heterocycles. The highest BCUT2D eigenvalue weighted by Gasteiger charge is 2.21. The van der Waals surface area contributed by atoms with Crippen LogP contribution in [0.15, 0.2) is 200 Å². The number of fused-ring (bicyclic) bond motifs is 6. The van der Waals surface area contributed by atoms with E-state index < -0.39 is 0 Å². The van der Waals surface area contributed by atoms with Crippen LogP contribution in [0.2, 0.25) is 0 Å². The molecule has 0 saturated carbocycles. The van der Waals surface area contributed by atoms with E-state index in [0.717, 1.165) is 11.4 Å². The molecule has 0 fully saturated rings. The van der Waals surface area contributed by atoms with Gasteiger partial charge in [-0.1, -0.05) is 164 Å². The highest BCUT2D eigenvalue weighted by atomic mass is 32.1. The van der Waals surface area contributed by atoms with E-state index in [1.807, 2.05) is 11.3 Å². The summed E-state index contributed by atoms with van der Waals surface area (Å²) in [6.45, 7) is 0. The molecule has 244 valence electrons. The molecule has 10 rings (SSSR count). The summed E-state index contributed by atoms with van der Waals surface area (Å²) in [6, 6.07) is 72.9. The van der Waals surface area contributed by atoms with E-state index in [1.54, 1.807) is 0 Å². The van der Waals surface area contributed by atoms with Crippen LogP contribution < -0.4 is 4.90 Å². The molecule has 0 atom stereocenters. The van der Waals surface area contributed by atoms with Crippen molar-refractivity contribution in [1.82, 2.24) is 0 Å². The van der Waals surface area contributed by atoms with Crippen molar-refractivity contribution in [2.75, 3.05) is 4.90 Å². The minimum atomic E-state index is 1.12. The zero-order valence-corrected chi connectivity index (χ0v) is 29.2. The van der Waals surface area contributed by atoms with Gasteiger partial charge < -0.3 is 4.90 Å². The van der Waals surface area contributed by atoms with E-state index in [1.165, 1.54) is 80.8 Å². The molecular weight excluding hydrogens is 647 g/mol. The van der Waals surface area contributed by atoms with Crippen LogP contribution in [0.1, 0.15) is 0 Å². The second-order valence-corrected chi connectivity index (χ2v) is 14.4. The summed E-state index contributed by atoms with van der Waals surface area (Å²) in [5, 5.41) is 7.53. The Hall–Kier alpha value is -6.48. The topological polar surface area (TPSA) is 3.24 Å². The van der Waals surface area contributed by atoms with Crippen molar-refractivity contribution in [3.05, 3.63) is 200 Å². The van der Waals surface area contributed by atoms with Gasteiger partial charge in [0.25, 0.3) is 0 Å². The monoisotopic (exact) mass is 679 g/mol. The van der Waals surface area contributed by atoms with Gasteiger partial charge in [0.2, 0.25) is 0 Å². The maximum Gasteiger partial charge on any atom is 0.0547 e. The molecule has 0 bridgehead atoms. The van der Waals surface area contributed by atoms with Gasteiger partial charge in [0.1, 0.15) is 0 Å². The second kappa shape index (κ2) is 12.7. The Kier molecular flexibility index (Phi) is 7.41. The third-order valence-corrected chi connectivity index (χ3v) is 11.5. The highest BCUT2D eigenvalue weighted by Crippen LogP contribution is 2.48. The van der Waals surface area contributed by atoms with Crippen molar-refractivity contribution in [3.63, 3.8) is 0 Å². The zero-order chi connectivity index (χ0) is 34.4. The first-order valence-corrected chi connectivity index (χ1v) is 18.6. The lowest BCUT2D eigenvalue weighted by Crippen LogP contribution is -2.11. The van der Waals surface area contributed by atoms with Crippen molar-refractivity contribution in [2.24, 2.45) is 0 Å². The van der Waals surface area contributed by atoms with Crippen LogP contribution in [-0.4, -0.2) is 0 Å². The summed E-state index contributed by atoms with van der Waals surface area (Å²) in [7, 11) is 0. The molecule has 0 N–H and O–H groups in total. The largest absolute Gasteiger partial charge is 0.309 e. The molecule has 9 aromatic carbocycles. The van der Waals surface area contributed by atoms with Gasteiger partial charge in [-0.05, 0) is 75.2 Å². The molecule has 0 spiro atoms. The van der Waals surface area contributed by atoms with Crippen LogP contribution in [0, 0.1) is 0 Å². The van der Waals surface area contributed by atoms with Gasteiger partial charge in [-0.25, -0.2) is 0 Å². The van der Waals surface area contributed by atoms with Crippen molar-refractivity contribution in [2.45, 2.75) is 0 Å². The summed E-state index contributed by atoms with van der Waals surface area (Å²) in [6.07, 6.45) is 0. The smallest absolute Gasteiger partial charge is 0.0547 e. The van der Waals surface area contributed by atoms with Crippen LogP contribution in [0.25, 0.3) is 75.1 Å². The van der Waals surface area contributed by atoms with Crippen molar-refractivity contribution in [1.29, 1.82) is 0 Å². The molecule has 0 aliphatic carbocycles. The Balaban J connectivity index is 1.17. The summed E-state index contributed by atoms with van der Waals surface area (Å²) in [4.78, 5) is 2.47. The van der Waals surface area contributed by atoms with E-state index in [4.69, 9.17) is 0 Å². The van der Waals surface area contributed by atoms with Gasteiger partial charge in [-0.15, -0.1) is 11.3 Å². The van der Waals surface area contributed by atoms with Gasteiger partial charge in [0, 0.05) is 42.0 Å². The van der Waals surface area contributed by atoms with E-state index in [0.29, 0.717) is 0 Å². The number of hydrogen-bond donors (Lipinski definition) is 0. The minimum absolute atomic E-state index is 1.12. The number of hydrogen-bond acceptors (Lipinski definition) is 2. The Morgan fingerprint density at radius 2 is 0.827 bits per heavy atom. The highest BCUT2D eigenvalue weighted by molar-refractivity contribution is 7.26. The quantitative estimate of drug-likeness (QED) is 0.169. The van der Waals surface area contributed by atoms with Crippen LogP contribution in [0.3, 0.4) is 0 Å². The lowest BCUT2D eigenvalue weighted by Gasteiger charge is -2.28. The number of benzene rings is 9. The van der Waals surface area contributed by atoms with Gasteiger partial charge in [-0.3, -0.25) is 0 Å². The fraction of sp³-hybridized carbons (Fsp3) is 0. The first kappa shape index (κ1) is 30.4. The summed E-state index contributed by atoms with van der Waals surface area (Å²) in [5.41, 5.74) is 10.8. The fourth-order valence-electron chi connectivity index (χ4n) is 7.67. The number of thiophene rings is 1. The average Bonchev–Trinajstić information content (AvgIpc) is 3.60. The number of nitrogens with zero attached hydrogens (tertiary/aromatic N) is 1. The Morgan fingerprint density at radius 3 is 1.52 bits per heavy atom. The Morgan fingerprint density at radius 1 is 0.308 bits per heavy atom. The maximum absolute atomic E-state index is 2.47. The minimum Gasteiger partial charge on any atom is -0.309 e. The molecule has 0 aliphatic rings. The Labute approximate surface area is 307 Å². The van der Waals surface area contributed by atoms with E-state index in [2.05, 4.69) is 205 Å². The van der Waals surface area contributed by atoms with Crippen LogP contribution in [0.4, 0.5) is 17.1 Å². The van der Waals surface area contributed by atoms with E-state index >= 15 is 0 Å². The summed E-state index contributed by atoms with van der Waals surface area (Å²) >= 11 is 1.89. The average molecular weight is 680 g/mol. The van der Waals surface area contributed by atoms with E-state index in [-0.39, 0.29) is 0 Å². The molecule has 52 heavy (non-hydrogen) atoms. The predicted octanol–water partition coefficient (Wildman–Crippen LogP) is 14.8. The Bertz CT molecular complexity index is 2870. The van der Waals surface area contributed by atoms with E-state index in [9.17, 15) is 0 Å². The van der Waals surface area contributed by atoms with Gasteiger partial charge in [-0.2, -0.15) is 0 Å². The molecule has 0 saturated heterocycles. The fourth-order valence-corrected chi connectivity index (χ4v) is 8.88. The molecule has 0 radical (unpaired) electrons. The SMILES string of the molecule is c1ccc(-c2ccc(-c3ccc(N(c4cccc5ccccc45)c4cc5c6cc(-c7ccccc7)ccc6sc5c5ccccc45)cc3)cc2)cc1. The van der Waals surface area contributed by atoms with Gasteiger partial charge >= 0.3 is 0 Å². The molecule has 2 heteroatoms. The third-order valence-electron chi connectivity index (χ3n) is 10.3. The predicted molar refractivity (Wildman–Crippen MR) is 225 cm³/mol. The maximum atomic E-state index is 2.47. The normalized spacial score (nSPS) is 11.5. The number of anilines is 3. The number of rotatable bonds is 6. The molecule has 1 heterocycles. The van der Waals surface area contributed by atoms with Crippen LogP contribution in [-0.2, 0) is 0 Å². The first-order valence-electron chi connectivity index (χ1n) is 17.8. The molecule has 10 aromatic rings. The van der Waals surface area contributed by atoms with Crippen LogP contribution >= 0.6 is 11.3 Å². The summed E-state index contributed by atoms with van der Waals surface area (Å²) < 4.78 is 2.63. The molecule has 1 nitrogen and oxygen atoms in total. The second-order valence-electron chi connectivity index (χ2n) is 13.3. The van der Waals surface area contributed by atoms with Crippen molar-refractivity contribution < 1.29 is 0 Å². The standard InChI is InChI=1S/C50H33NS/c1-3-12-34(13-4-1)36-22-24-37(25-23-36)38-26-29-41(30-27-38)51(47-21-11-17-39-16-7-8-18-42(39)47)48-33-46-45-32-40(35-14-5-2-6-15-35)28-31-49(45)52-50(46)44-20-10-9-19-43(44)48/h1-33H. The first-order chi connectivity index (χ1) is 25.8. The molecule has 0 amide bonds. The van der Waals surface area contributed by atoms with Crippen LogP contribution in [0.5, 0.6) is 0 Å². The summed E-state index contributed by atoms with van der Waals surface area (Å²) in [5.74, 6) is 0. The zero-order valence-electron chi connectivity index (χ0n) is 28.4.